The highest BCUT2D eigenvalue weighted by Crippen LogP contribution is 2.29. The van der Waals surface area contributed by atoms with Crippen LogP contribution in [-0.2, 0) is 15.9 Å². The molecule has 1 aliphatic heterocycles. The maximum absolute atomic E-state index is 10.7. The lowest BCUT2D eigenvalue weighted by Gasteiger charge is -2.43. The standard InChI is InChI=1S/C23H36O8/c1-3-5-16-6-8-17(9-7-16)30-23-22(21(28)20(27)19(14-26)31-23)29-18(10-11-24)12-15(4-2)13-25/h3,6-9,15,18-28H,1,4-5,10-14H2,2H3. The van der Waals surface area contributed by atoms with Crippen LogP contribution in [0.3, 0.4) is 0 Å². The molecule has 1 aromatic rings. The van der Waals surface area contributed by atoms with Gasteiger partial charge in [-0.2, -0.15) is 0 Å². The molecule has 8 nitrogen and oxygen atoms in total. The van der Waals surface area contributed by atoms with E-state index in [0.717, 1.165) is 18.4 Å². The first-order valence-electron chi connectivity index (χ1n) is 10.8. The van der Waals surface area contributed by atoms with E-state index in [1.54, 1.807) is 18.2 Å². The highest BCUT2D eigenvalue weighted by Gasteiger charge is 2.47. The molecule has 1 saturated heterocycles. The van der Waals surface area contributed by atoms with E-state index in [9.17, 15) is 25.5 Å². The van der Waals surface area contributed by atoms with Gasteiger partial charge < -0.3 is 39.7 Å². The number of hydrogen-bond acceptors (Lipinski definition) is 8. The van der Waals surface area contributed by atoms with Gasteiger partial charge in [0.1, 0.15) is 30.2 Å². The van der Waals surface area contributed by atoms with Gasteiger partial charge in [0.05, 0.1) is 12.7 Å². The first kappa shape index (κ1) is 25.7. The molecule has 0 amide bonds. The first-order chi connectivity index (χ1) is 15.0. The van der Waals surface area contributed by atoms with E-state index in [0.29, 0.717) is 18.6 Å². The molecule has 5 N–H and O–H groups in total. The summed E-state index contributed by atoms with van der Waals surface area (Å²) in [5, 5.41) is 49.5. The Bertz CT molecular complexity index is 633. The van der Waals surface area contributed by atoms with Gasteiger partial charge in [0.2, 0.25) is 6.29 Å². The van der Waals surface area contributed by atoms with Gasteiger partial charge in [-0.3, -0.25) is 0 Å². The molecule has 0 bridgehead atoms. The van der Waals surface area contributed by atoms with Crippen LogP contribution in [0.2, 0.25) is 0 Å². The predicted octanol–water partition coefficient (Wildman–Crippen LogP) is 0.778. The van der Waals surface area contributed by atoms with Gasteiger partial charge in [0, 0.05) is 13.2 Å². The lowest BCUT2D eigenvalue weighted by atomic mass is 9.96. The number of aliphatic hydroxyl groups excluding tert-OH is 5. The molecule has 1 heterocycles. The minimum Gasteiger partial charge on any atom is -0.462 e. The Morgan fingerprint density at radius 3 is 2.39 bits per heavy atom. The van der Waals surface area contributed by atoms with Crippen LogP contribution in [0.1, 0.15) is 31.7 Å². The fourth-order valence-corrected chi connectivity index (χ4v) is 3.65. The van der Waals surface area contributed by atoms with Crippen LogP contribution in [0, 0.1) is 5.92 Å². The number of rotatable bonds is 13. The summed E-state index contributed by atoms with van der Waals surface area (Å²) in [5.41, 5.74) is 1.06. The van der Waals surface area contributed by atoms with Crippen molar-refractivity contribution in [3.8, 4) is 5.75 Å². The third kappa shape index (κ3) is 7.25. The second kappa shape index (κ2) is 13.1. The lowest BCUT2D eigenvalue weighted by molar-refractivity contribution is -0.296. The van der Waals surface area contributed by atoms with Gasteiger partial charge in [-0.25, -0.2) is 0 Å². The molecule has 7 atom stereocenters. The lowest BCUT2D eigenvalue weighted by Crippen LogP contribution is -2.61. The monoisotopic (exact) mass is 440 g/mol. The Morgan fingerprint density at radius 2 is 1.84 bits per heavy atom. The zero-order chi connectivity index (χ0) is 22.8. The van der Waals surface area contributed by atoms with E-state index in [4.69, 9.17) is 14.2 Å². The minimum absolute atomic E-state index is 0.0162. The summed E-state index contributed by atoms with van der Waals surface area (Å²) >= 11 is 0. The van der Waals surface area contributed by atoms with Crippen LogP contribution in [-0.4, -0.2) is 82.2 Å². The van der Waals surface area contributed by atoms with Crippen LogP contribution in [0.15, 0.2) is 36.9 Å². The molecule has 0 radical (unpaired) electrons. The van der Waals surface area contributed by atoms with Crippen LogP contribution < -0.4 is 4.74 Å². The van der Waals surface area contributed by atoms with Crippen molar-refractivity contribution >= 4 is 0 Å². The number of benzene rings is 1. The molecule has 176 valence electrons. The normalized spacial score (nSPS) is 28.1. The predicted molar refractivity (Wildman–Crippen MR) is 115 cm³/mol. The van der Waals surface area contributed by atoms with Gasteiger partial charge in [0.15, 0.2) is 0 Å². The van der Waals surface area contributed by atoms with Crippen LogP contribution in [0.25, 0.3) is 0 Å². The number of allylic oxidation sites excluding steroid dienone is 1. The zero-order valence-electron chi connectivity index (χ0n) is 18.0. The summed E-state index contributed by atoms with van der Waals surface area (Å²) in [5.74, 6) is 0.456. The molecule has 0 spiro atoms. The summed E-state index contributed by atoms with van der Waals surface area (Å²) in [4.78, 5) is 0. The van der Waals surface area contributed by atoms with E-state index in [1.165, 1.54) is 0 Å². The molecular formula is C23H36O8. The van der Waals surface area contributed by atoms with E-state index in [-0.39, 0.29) is 19.1 Å². The van der Waals surface area contributed by atoms with E-state index in [2.05, 4.69) is 6.58 Å². The molecule has 0 aromatic heterocycles. The SMILES string of the molecule is C=CCc1ccc(OC2OC(CO)C(O)C(O)C2OC(CCO)CC(CC)CO)cc1. The topological polar surface area (TPSA) is 129 Å². The molecule has 1 aromatic carbocycles. The highest BCUT2D eigenvalue weighted by atomic mass is 16.7. The largest absolute Gasteiger partial charge is 0.462 e. The van der Waals surface area contributed by atoms with Gasteiger partial charge >= 0.3 is 0 Å². The van der Waals surface area contributed by atoms with Gasteiger partial charge in [-0.05, 0) is 42.9 Å². The Kier molecular flexibility index (Phi) is 10.9. The molecule has 2 rings (SSSR count). The molecule has 7 unspecified atom stereocenters. The smallest absolute Gasteiger partial charge is 0.229 e. The van der Waals surface area contributed by atoms with E-state index < -0.39 is 43.4 Å². The molecular weight excluding hydrogens is 404 g/mol. The first-order valence-corrected chi connectivity index (χ1v) is 10.8. The molecule has 8 heteroatoms. The summed E-state index contributed by atoms with van der Waals surface area (Å²) in [7, 11) is 0. The molecule has 31 heavy (non-hydrogen) atoms. The Hall–Kier alpha value is -1.52. The highest BCUT2D eigenvalue weighted by molar-refractivity contribution is 5.28. The second-order valence-corrected chi connectivity index (χ2v) is 7.89. The third-order valence-corrected chi connectivity index (χ3v) is 5.61. The Morgan fingerprint density at radius 1 is 1.13 bits per heavy atom. The van der Waals surface area contributed by atoms with Gasteiger partial charge in [-0.15, -0.1) is 6.58 Å². The van der Waals surface area contributed by atoms with E-state index >= 15 is 0 Å². The van der Waals surface area contributed by atoms with Crippen molar-refractivity contribution in [2.24, 2.45) is 5.92 Å². The van der Waals surface area contributed by atoms with Crippen molar-refractivity contribution in [3.05, 3.63) is 42.5 Å². The molecule has 0 saturated carbocycles. The third-order valence-electron chi connectivity index (χ3n) is 5.61. The second-order valence-electron chi connectivity index (χ2n) is 7.89. The van der Waals surface area contributed by atoms with Crippen molar-refractivity contribution in [1.82, 2.24) is 0 Å². The molecule has 1 fully saturated rings. The summed E-state index contributed by atoms with van der Waals surface area (Å²) < 4.78 is 17.7. The van der Waals surface area contributed by atoms with Crippen LogP contribution in [0.5, 0.6) is 5.75 Å². The minimum atomic E-state index is -1.37. The average Bonchev–Trinajstić information content (AvgIpc) is 2.78. The van der Waals surface area contributed by atoms with Crippen molar-refractivity contribution in [2.45, 2.75) is 69.4 Å². The molecule has 0 aliphatic carbocycles. The van der Waals surface area contributed by atoms with Gasteiger partial charge in [0.25, 0.3) is 0 Å². The summed E-state index contributed by atoms with van der Waals surface area (Å²) in [6.45, 7) is 5.02. The summed E-state index contributed by atoms with van der Waals surface area (Å²) in [6, 6.07) is 7.28. The van der Waals surface area contributed by atoms with Crippen molar-refractivity contribution in [2.75, 3.05) is 19.8 Å². The van der Waals surface area contributed by atoms with Crippen molar-refractivity contribution < 1.29 is 39.7 Å². The number of ether oxygens (including phenoxy) is 3. The number of hydrogen-bond donors (Lipinski definition) is 5. The quantitative estimate of drug-likeness (QED) is 0.285. The van der Waals surface area contributed by atoms with Crippen molar-refractivity contribution in [1.29, 1.82) is 0 Å². The van der Waals surface area contributed by atoms with Crippen LogP contribution >= 0.6 is 0 Å². The summed E-state index contributed by atoms with van der Waals surface area (Å²) in [6.07, 6.45) is -2.37. The fourth-order valence-electron chi connectivity index (χ4n) is 3.65. The zero-order valence-corrected chi connectivity index (χ0v) is 18.0. The Labute approximate surface area is 183 Å². The van der Waals surface area contributed by atoms with Gasteiger partial charge in [-0.1, -0.05) is 31.6 Å². The molecule has 1 aliphatic rings. The van der Waals surface area contributed by atoms with Crippen LogP contribution in [0.4, 0.5) is 0 Å². The van der Waals surface area contributed by atoms with Crippen molar-refractivity contribution in [3.63, 3.8) is 0 Å². The maximum atomic E-state index is 10.7. The Balaban J connectivity index is 2.20. The maximum Gasteiger partial charge on any atom is 0.229 e. The fraction of sp³-hybridized carbons (Fsp3) is 0.652. The average molecular weight is 441 g/mol. The number of aliphatic hydroxyl groups is 5. The van der Waals surface area contributed by atoms with E-state index in [1.807, 2.05) is 19.1 Å².